The zero-order valence-electron chi connectivity index (χ0n) is 17.6. The second-order valence-electron chi connectivity index (χ2n) is 8.95. The monoisotopic (exact) mass is 391 g/mol. The van der Waals surface area contributed by atoms with Gasteiger partial charge in [-0.05, 0) is 81.5 Å². The molecule has 3 aliphatic heterocycles. The average Bonchev–Trinajstić information content (AvgIpc) is 3.19. The van der Waals surface area contributed by atoms with E-state index in [4.69, 9.17) is 0 Å². The second-order valence-corrected chi connectivity index (χ2v) is 8.95. The van der Waals surface area contributed by atoms with Crippen LogP contribution in [0.1, 0.15) is 37.3 Å². The fourth-order valence-corrected chi connectivity index (χ4v) is 5.29. The first-order valence-electron chi connectivity index (χ1n) is 11.3. The van der Waals surface area contributed by atoms with E-state index in [2.05, 4.69) is 62.2 Å². The summed E-state index contributed by atoms with van der Waals surface area (Å²) >= 11 is 0. The van der Waals surface area contributed by atoms with Crippen molar-refractivity contribution in [1.82, 2.24) is 14.8 Å². The summed E-state index contributed by atoms with van der Waals surface area (Å²) in [5.41, 5.74) is 3.97. The zero-order valence-corrected chi connectivity index (χ0v) is 17.6. The molecular formula is C24H33N5. The van der Waals surface area contributed by atoms with E-state index in [1.807, 2.05) is 12.3 Å². The highest BCUT2D eigenvalue weighted by Gasteiger charge is 2.25. The van der Waals surface area contributed by atoms with Crippen LogP contribution in [0.5, 0.6) is 0 Å². The molecule has 0 radical (unpaired) electrons. The first-order valence-corrected chi connectivity index (χ1v) is 11.3. The van der Waals surface area contributed by atoms with Crippen LogP contribution in [0.3, 0.4) is 0 Å². The van der Waals surface area contributed by atoms with Crippen LogP contribution < -0.4 is 10.2 Å². The molecule has 5 rings (SSSR count). The Morgan fingerprint density at radius 2 is 1.93 bits per heavy atom. The molecule has 3 aliphatic rings. The van der Waals surface area contributed by atoms with Crippen molar-refractivity contribution in [2.45, 2.75) is 38.6 Å². The molecule has 0 atom stereocenters. The van der Waals surface area contributed by atoms with E-state index in [0.29, 0.717) is 12.7 Å². The smallest absolute Gasteiger partial charge is 0.114 e. The lowest BCUT2D eigenvalue weighted by molar-refractivity contribution is 0.152. The Kier molecular flexibility index (Phi) is 5.42. The quantitative estimate of drug-likeness (QED) is 0.857. The van der Waals surface area contributed by atoms with Crippen molar-refractivity contribution >= 4 is 22.8 Å². The van der Waals surface area contributed by atoms with Gasteiger partial charge in [0.1, 0.15) is 6.67 Å². The minimum absolute atomic E-state index is 0.612. The van der Waals surface area contributed by atoms with Gasteiger partial charge in [-0.3, -0.25) is 4.99 Å². The fourth-order valence-electron chi connectivity index (χ4n) is 5.29. The SMILES string of the molecule is Cc1cc(N2C=CC=NC2)c2ccn(C3CCN(CC4CCNCC4)CC3)c2c1. The van der Waals surface area contributed by atoms with Crippen LogP contribution in [0.4, 0.5) is 5.69 Å². The lowest BCUT2D eigenvalue weighted by Crippen LogP contribution is -2.40. The Hall–Kier alpha value is -2.11. The molecule has 1 N–H and O–H groups in total. The highest BCUT2D eigenvalue weighted by molar-refractivity contribution is 5.94. The number of anilines is 1. The van der Waals surface area contributed by atoms with Crippen molar-refractivity contribution < 1.29 is 0 Å². The number of fused-ring (bicyclic) bond motifs is 1. The molecule has 0 bridgehead atoms. The van der Waals surface area contributed by atoms with Gasteiger partial charge in [-0.15, -0.1) is 0 Å². The number of aliphatic imine (C=N–C) groups is 1. The Morgan fingerprint density at radius 1 is 1.10 bits per heavy atom. The van der Waals surface area contributed by atoms with Crippen molar-refractivity contribution in [2.75, 3.05) is 44.3 Å². The minimum Gasteiger partial charge on any atom is -0.344 e. The van der Waals surface area contributed by atoms with Gasteiger partial charge in [0, 0.05) is 49.7 Å². The van der Waals surface area contributed by atoms with Gasteiger partial charge in [0.15, 0.2) is 0 Å². The summed E-state index contributed by atoms with van der Waals surface area (Å²) in [6.45, 7) is 9.08. The number of benzene rings is 1. The van der Waals surface area contributed by atoms with Crippen molar-refractivity contribution in [1.29, 1.82) is 0 Å². The number of aryl methyl sites for hydroxylation is 1. The van der Waals surface area contributed by atoms with Gasteiger partial charge in [-0.1, -0.05) is 0 Å². The number of hydrogen-bond acceptors (Lipinski definition) is 4. The minimum atomic E-state index is 0.612. The molecule has 0 spiro atoms. The Balaban J connectivity index is 1.31. The van der Waals surface area contributed by atoms with Gasteiger partial charge in [0.25, 0.3) is 0 Å². The summed E-state index contributed by atoms with van der Waals surface area (Å²) < 4.78 is 2.55. The van der Waals surface area contributed by atoms with Gasteiger partial charge < -0.3 is 19.7 Å². The summed E-state index contributed by atoms with van der Waals surface area (Å²) in [6.07, 6.45) is 13.6. The maximum Gasteiger partial charge on any atom is 0.114 e. The summed E-state index contributed by atoms with van der Waals surface area (Å²) in [5, 5.41) is 4.83. The Bertz CT molecular complexity index is 897. The maximum atomic E-state index is 4.42. The largest absolute Gasteiger partial charge is 0.344 e. The van der Waals surface area contributed by atoms with Crippen molar-refractivity contribution in [3.63, 3.8) is 0 Å². The van der Waals surface area contributed by atoms with E-state index in [1.165, 1.54) is 80.6 Å². The molecule has 0 unspecified atom stereocenters. The molecule has 2 fully saturated rings. The van der Waals surface area contributed by atoms with Gasteiger partial charge in [0.05, 0.1) is 11.2 Å². The first kappa shape index (κ1) is 18.9. The molecule has 0 amide bonds. The molecule has 29 heavy (non-hydrogen) atoms. The number of nitrogens with one attached hydrogen (secondary N) is 1. The second kappa shape index (κ2) is 8.33. The van der Waals surface area contributed by atoms with Crippen LogP contribution in [-0.2, 0) is 0 Å². The molecule has 0 aliphatic carbocycles. The van der Waals surface area contributed by atoms with Crippen LogP contribution in [0.15, 0.2) is 41.7 Å². The van der Waals surface area contributed by atoms with Gasteiger partial charge in [-0.25, -0.2) is 0 Å². The maximum absolute atomic E-state index is 4.42. The molecule has 2 saturated heterocycles. The predicted octanol–water partition coefficient (Wildman–Crippen LogP) is 3.95. The van der Waals surface area contributed by atoms with Crippen LogP contribution in [0, 0.1) is 12.8 Å². The molecule has 154 valence electrons. The number of likely N-dealkylation sites (tertiary alicyclic amines) is 1. The van der Waals surface area contributed by atoms with Crippen molar-refractivity contribution in [2.24, 2.45) is 10.9 Å². The summed E-state index contributed by atoms with van der Waals surface area (Å²) in [7, 11) is 0. The van der Waals surface area contributed by atoms with E-state index >= 15 is 0 Å². The lowest BCUT2D eigenvalue weighted by atomic mass is 9.95. The highest BCUT2D eigenvalue weighted by Crippen LogP contribution is 2.34. The third-order valence-electron chi connectivity index (χ3n) is 6.89. The number of allylic oxidation sites excluding steroid dienone is 1. The van der Waals surface area contributed by atoms with Crippen LogP contribution in [-0.4, -0.2) is 55.1 Å². The number of piperidine rings is 2. The van der Waals surface area contributed by atoms with Crippen molar-refractivity contribution in [3.8, 4) is 0 Å². The highest BCUT2D eigenvalue weighted by atomic mass is 15.2. The number of aromatic nitrogens is 1. The van der Waals surface area contributed by atoms with E-state index in [9.17, 15) is 0 Å². The lowest BCUT2D eigenvalue weighted by Gasteiger charge is -2.36. The molecule has 4 heterocycles. The third kappa shape index (κ3) is 3.99. The average molecular weight is 392 g/mol. The predicted molar refractivity (Wildman–Crippen MR) is 122 cm³/mol. The first-order chi connectivity index (χ1) is 14.3. The van der Waals surface area contributed by atoms with E-state index in [-0.39, 0.29) is 0 Å². The zero-order chi connectivity index (χ0) is 19.6. The van der Waals surface area contributed by atoms with Gasteiger partial charge in [-0.2, -0.15) is 0 Å². The Morgan fingerprint density at radius 3 is 2.69 bits per heavy atom. The molecule has 5 heteroatoms. The summed E-state index contributed by atoms with van der Waals surface area (Å²) in [6, 6.07) is 7.57. The van der Waals surface area contributed by atoms with E-state index in [1.54, 1.807) is 0 Å². The summed E-state index contributed by atoms with van der Waals surface area (Å²) in [5.74, 6) is 0.894. The van der Waals surface area contributed by atoms with Gasteiger partial charge >= 0.3 is 0 Å². The van der Waals surface area contributed by atoms with Gasteiger partial charge in [0.2, 0.25) is 0 Å². The third-order valence-corrected chi connectivity index (χ3v) is 6.89. The van der Waals surface area contributed by atoms with Crippen LogP contribution in [0.25, 0.3) is 10.9 Å². The standard InChI is InChI=1S/C24H33N5/c1-19-15-23(28-11-2-8-26-18-28)22-7-14-29(24(22)16-19)21-5-12-27(13-6-21)17-20-3-9-25-10-4-20/h2,7-8,11,14-16,20-21,25H,3-6,9-10,12-13,17-18H2,1H3. The Labute approximate surface area is 174 Å². The summed E-state index contributed by atoms with van der Waals surface area (Å²) in [4.78, 5) is 9.39. The van der Waals surface area contributed by atoms with Crippen LogP contribution in [0.2, 0.25) is 0 Å². The van der Waals surface area contributed by atoms with Crippen molar-refractivity contribution in [3.05, 3.63) is 42.2 Å². The molecule has 2 aromatic rings. The normalized spacial score (nSPS) is 22.0. The fraction of sp³-hybridized carbons (Fsp3) is 0.542. The number of hydrogen-bond donors (Lipinski definition) is 1. The molecule has 0 saturated carbocycles. The number of rotatable bonds is 4. The molecule has 5 nitrogen and oxygen atoms in total. The van der Waals surface area contributed by atoms with E-state index < -0.39 is 0 Å². The topological polar surface area (TPSA) is 35.8 Å². The van der Waals surface area contributed by atoms with E-state index in [0.717, 1.165) is 5.92 Å². The molecule has 1 aromatic heterocycles. The molecular weight excluding hydrogens is 358 g/mol. The van der Waals surface area contributed by atoms with Crippen LogP contribution >= 0.6 is 0 Å². The number of nitrogens with zero attached hydrogens (tertiary/aromatic N) is 4. The molecule has 1 aromatic carbocycles.